The quantitative estimate of drug-likeness (QED) is 0.0400. The van der Waals surface area contributed by atoms with Crippen LogP contribution in [0.5, 0.6) is 0 Å². The van der Waals surface area contributed by atoms with Crippen LogP contribution in [0.1, 0.15) is 125 Å². The van der Waals surface area contributed by atoms with Gasteiger partial charge in [0.05, 0.1) is 29.7 Å². The monoisotopic (exact) mass is 1020 g/mol. The van der Waals surface area contributed by atoms with Crippen molar-refractivity contribution in [1.29, 1.82) is 0 Å². The topological polar surface area (TPSA) is 309 Å². The molecule has 73 heavy (non-hydrogen) atoms. The van der Waals surface area contributed by atoms with Crippen molar-refractivity contribution >= 4 is 41.9 Å². The summed E-state index contributed by atoms with van der Waals surface area (Å²) in [6.07, 6.45) is 9.64. The standard InChI is InChI=1S/C49H71FN12O11/c1-5-58-26-34(47(69)70)44(66)33-24-35(50)39(25-38(33)58)59-20-22-60(23-21-59)49(72)73-28-31-12-14-32(15-13-31)54-46(68)37(10-9-18-52-48(51)71)62-27-36(56-57-62)43(29(2)3)55-45(67)30(4)53-40(63)11-7-6-8-19-61-41(64)16-17-42(61)65/h12-14,25-27,29-30,32,35,37,40,43,45,53,55,63,67H,5-11,15-24,28H2,1-4H3,(H,54,68)(H,69,70)(H3,51,52,71)/t30-,32+,35-,37+,40+,43+,45-/m1/s1. The van der Waals surface area contributed by atoms with Crippen molar-refractivity contribution in [3.05, 3.63) is 74.6 Å². The maximum Gasteiger partial charge on any atom is 0.410 e. The number of halogens is 1. The van der Waals surface area contributed by atoms with Gasteiger partial charge in [-0.05, 0) is 69.9 Å². The highest BCUT2D eigenvalue weighted by Gasteiger charge is 2.34. The van der Waals surface area contributed by atoms with Crippen LogP contribution in [0.15, 0.2) is 46.7 Å². The molecular formula is C49H71FN12O11. The second kappa shape index (κ2) is 25.9. The number of aliphatic hydroxyl groups excluding tert-OH is 2. The van der Waals surface area contributed by atoms with Crippen LogP contribution in [-0.4, -0.2) is 162 Å². The summed E-state index contributed by atoms with van der Waals surface area (Å²) in [4.78, 5) is 91.3. The van der Waals surface area contributed by atoms with E-state index >= 15 is 4.39 Å². The molecule has 23 nitrogen and oxygen atoms in total. The number of likely N-dealkylation sites (tertiary alicyclic amines) is 1. The fraction of sp³-hybridized carbons (Fsp3) is 0.612. The highest BCUT2D eigenvalue weighted by Crippen LogP contribution is 2.29. The lowest BCUT2D eigenvalue weighted by Crippen LogP contribution is -2.51. The van der Waals surface area contributed by atoms with E-state index in [1.807, 2.05) is 31.7 Å². The van der Waals surface area contributed by atoms with E-state index in [-0.39, 0.29) is 81.1 Å². The van der Waals surface area contributed by atoms with Crippen LogP contribution in [0, 0.1) is 5.92 Å². The summed E-state index contributed by atoms with van der Waals surface area (Å²) in [7, 11) is 0. The number of amides is 6. The predicted octanol–water partition coefficient (Wildman–Crippen LogP) is 1.82. The molecule has 0 bridgehead atoms. The number of rotatable bonds is 25. The van der Waals surface area contributed by atoms with Gasteiger partial charge in [-0.15, -0.1) is 5.10 Å². The molecule has 9 N–H and O–H groups in total. The summed E-state index contributed by atoms with van der Waals surface area (Å²) in [6, 6.07) is -3.03. The predicted molar refractivity (Wildman–Crippen MR) is 264 cm³/mol. The average Bonchev–Trinajstić information content (AvgIpc) is 3.97. The lowest BCUT2D eigenvalue weighted by Gasteiger charge is -2.39. The summed E-state index contributed by atoms with van der Waals surface area (Å²) < 4.78 is 24.3. The number of ether oxygens (including phenoxy) is 1. The zero-order valence-electron chi connectivity index (χ0n) is 42.0. The fourth-order valence-corrected chi connectivity index (χ4v) is 9.42. The number of pyridine rings is 1. The van der Waals surface area contributed by atoms with E-state index in [1.165, 1.54) is 20.7 Å². The number of nitrogens with zero attached hydrogens (tertiary/aromatic N) is 7. The highest BCUT2D eigenvalue weighted by molar-refractivity contribution is 6.01. The normalized spacial score (nSPS) is 20.0. The lowest BCUT2D eigenvalue weighted by molar-refractivity contribution is -0.138. The number of urea groups is 1. The Hall–Kier alpha value is -6.50. The minimum Gasteiger partial charge on any atom is -0.477 e. The van der Waals surface area contributed by atoms with Gasteiger partial charge < -0.3 is 50.8 Å². The van der Waals surface area contributed by atoms with E-state index in [4.69, 9.17) is 10.5 Å². The number of carboxylic acids is 1. The molecule has 6 amide bonds. The third-order valence-corrected chi connectivity index (χ3v) is 13.6. The van der Waals surface area contributed by atoms with Gasteiger partial charge in [0.15, 0.2) is 5.43 Å². The number of unbranched alkanes of at least 4 members (excludes halogenated alkanes) is 2. The number of nitrogens with one attached hydrogen (secondary N) is 4. The molecule has 0 spiro atoms. The number of hydrogen-bond donors (Lipinski definition) is 8. The van der Waals surface area contributed by atoms with Gasteiger partial charge in [0, 0.05) is 88.6 Å². The molecule has 2 saturated heterocycles. The number of aromatic carboxylic acids is 1. The number of aryl methyl sites for hydroxylation is 1. The molecule has 4 heterocycles. The van der Waals surface area contributed by atoms with E-state index < -0.39 is 71.9 Å². The van der Waals surface area contributed by atoms with Crippen molar-refractivity contribution in [2.24, 2.45) is 11.7 Å². The Morgan fingerprint density at radius 2 is 1.68 bits per heavy atom. The Morgan fingerprint density at radius 1 is 0.959 bits per heavy atom. The van der Waals surface area contributed by atoms with Gasteiger partial charge in [-0.1, -0.05) is 43.7 Å². The largest absolute Gasteiger partial charge is 0.477 e. The van der Waals surface area contributed by atoms with E-state index in [0.717, 1.165) is 5.57 Å². The number of primary amides is 1. The van der Waals surface area contributed by atoms with Crippen LogP contribution in [0.2, 0.25) is 0 Å². The average molecular weight is 1020 g/mol. The van der Waals surface area contributed by atoms with Crippen LogP contribution in [0.25, 0.3) is 6.08 Å². The van der Waals surface area contributed by atoms with E-state index in [1.54, 1.807) is 35.9 Å². The number of allylic oxidation sites excluding steroid dienone is 1. The molecule has 0 unspecified atom stereocenters. The van der Waals surface area contributed by atoms with Crippen LogP contribution in [-0.2, 0) is 32.1 Å². The van der Waals surface area contributed by atoms with Gasteiger partial charge in [0.1, 0.15) is 36.8 Å². The number of hydrogen-bond acceptors (Lipinski definition) is 15. The molecule has 7 atom stereocenters. The maximum absolute atomic E-state index is 15.6. The molecule has 2 aliphatic heterocycles. The smallest absolute Gasteiger partial charge is 0.410 e. The van der Waals surface area contributed by atoms with Gasteiger partial charge in [0.2, 0.25) is 17.7 Å². The number of nitrogens with two attached hydrogens (primary N) is 1. The van der Waals surface area contributed by atoms with Gasteiger partial charge in [-0.25, -0.2) is 23.5 Å². The van der Waals surface area contributed by atoms with Crippen molar-refractivity contribution < 1.29 is 53.2 Å². The number of carbonyl (C=O) groups is 6. The number of piperazine rings is 1. The van der Waals surface area contributed by atoms with Gasteiger partial charge >= 0.3 is 18.1 Å². The van der Waals surface area contributed by atoms with Crippen molar-refractivity contribution in [2.75, 3.05) is 45.9 Å². The molecule has 400 valence electrons. The molecule has 2 aromatic rings. The first-order valence-corrected chi connectivity index (χ1v) is 25.2. The molecule has 6 rings (SSSR count). The van der Waals surface area contributed by atoms with Crippen LogP contribution in [0.3, 0.4) is 0 Å². The fourth-order valence-electron chi connectivity index (χ4n) is 9.42. The molecule has 2 fully saturated rings. The van der Waals surface area contributed by atoms with Crippen molar-refractivity contribution in [3.63, 3.8) is 0 Å². The number of fused-ring (bicyclic) bond motifs is 1. The van der Waals surface area contributed by atoms with E-state index in [9.17, 15) is 48.9 Å². The molecule has 4 aliphatic rings. The molecular weight excluding hydrogens is 952 g/mol. The highest BCUT2D eigenvalue weighted by atomic mass is 19.1. The minimum absolute atomic E-state index is 0.0152. The Bertz CT molecular complexity index is 2450. The SMILES string of the molecule is CCn1cc(C(=O)O)c(=O)c2c1C=C(N1CCN(C(=O)OCC3=CC[C@@H](NC(=O)[C@H](CCCNC(N)=O)n4cc([C@@H](N[C@H](O)[C@@H](C)N[C@@H](O)CCCCCN5C(=O)CCC5=O)C(C)C)nn4)C=C3)CC1)[C@H](F)C2. The Labute approximate surface area is 423 Å². The first-order valence-electron chi connectivity index (χ1n) is 25.2. The zero-order valence-corrected chi connectivity index (χ0v) is 42.0. The summed E-state index contributed by atoms with van der Waals surface area (Å²) in [5.41, 5.74) is 6.37. The summed E-state index contributed by atoms with van der Waals surface area (Å²) in [5.74, 6) is -2.09. The second-order valence-electron chi connectivity index (χ2n) is 19.3. The van der Waals surface area contributed by atoms with Crippen LogP contribution in [0.4, 0.5) is 14.0 Å². The summed E-state index contributed by atoms with van der Waals surface area (Å²) in [6.45, 7) is 9.56. The Morgan fingerprint density at radius 3 is 2.33 bits per heavy atom. The van der Waals surface area contributed by atoms with Crippen molar-refractivity contribution in [2.45, 2.75) is 141 Å². The first-order chi connectivity index (χ1) is 34.8. The number of aliphatic hydroxyl groups is 2. The molecule has 2 aliphatic carbocycles. The number of carboxylic acid groups (broad SMARTS) is 1. The number of aromatic nitrogens is 4. The number of alkyl halides is 1. The molecule has 24 heteroatoms. The third kappa shape index (κ3) is 14.8. The number of carbonyl (C=O) groups excluding carboxylic acids is 5. The van der Waals surface area contributed by atoms with Crippen molar-refractivity contribution in [1.82, 2.24) is 55.5 Å². The van der Waals surface area contributed by atoms with Crippen LogP contribution >= 0.6 is 0 Å². The molecule has 0 aromatic carbocycles. The molecule has 2 aromatic heterocycles. The lowest BCUT2D eigenvalue weighted by atomic mass is 9.94. The van der Waals surface area contributed by atoms with E-state index in [2.05, 4.69) is 31.6 Å². The molecule has 0 saturated carbocycles. The zero-order chi connectivity index (χ0) is 52.9. The van der Waals surface area contributed by atoms with Crippen LogP contribution < -0.4 is 32.4 Å². The summed E-state index contributed by atoms with van der Waals surface area (Å²) in [5, 5.41) is 51.8. The third-order valence-electron chi connectivity index (χ3n) is 13.6. The minimum atomic E-state index is -1.52. The first kappa shape index (κ1) is 55.8. The van der Waals surface area contributed by atoms with Gasteiger partial charge in [-0.2, -0.15) is 0 Å². The van der Waals surface area contributed by atoms with Crippen molar-refractivity contribution in [3.8, 4) is 0 Å². The van der Waals surface area contributed by atoms with Gasteiger partial charge in [0.25, 0.3) is 0 Å². The second-order valence-corrected chi connectivity index (χ2v) is 19.3. The Balaban J connectivity index is 0.970. The van der Waals surface area contributed by atoms with E-state index in [0.29, 0.717) is 81.8 Å². The Kier molecular flexibility index (Phi) is 19.8. The summed E-state index contributed by atoms with van der Waals surface area (Å²) >= 11 is 0. The molecule has 0 radical (unpaired) electrons. The van der Waals surface area contributed by atoms with Gasteiger partial charge in [-0.3, -0.25) is 34.7 Å². The maximum atomic E-state index is 15.6. The number of imide groups is 1.